The Balaban J connectivity index is 2.71. The van der Waals surface area contributed by atoms with Gasteiger partial charge in [0.15, 0.2) is 0 Å². The zero-order chi connectivity index (χ0) is 14.5. The van der Waals surface area contributed by atoms with Crippen molar-refractivity contribution in [2.75, 3.05) is 11.9 Å². The predicted octanol–water partition coefficient (Wildman–Crippen LogP) is 4.03. The summed E-state index contributed by atoms with van der Waals surface area (Å²) in [5, 5.41) is 0. The molecule has 0 radical (unpaired) electrons. The number of imidazole rings is 1. The predicted molar refractivity (Wildman–Crippen MR) is 83.2 cm³/mol. The second-order valence-electron chi connectivity index (χ2n) is 6.51. The maximum absolute atomic E-state index is 4.81. The van der Waals surface area contributed by atoms with Gasteiger partial charge in [0.05, 0.1) is 11.0 Å². The van der Waals surface area contributed by atoms with Gasteiger partial charge in [0, 0.05) is 12.6 Å². The molecule has 0 bridgehead atoms. The number of hydrogen-bond donors (Lipinski definition) is 1. The van der Waals surface area contributed by atoms with Crippen LogP contribution < -0.4 is 4.90 Å². The first-order chi connectivity index (χ1) is 8.64. The molecule has 1 aromatic carbocycles. The Morgan fingerprint density at radius 1 is 0.895 bits per heavy atom. The summed E-state index contributed by atoms with van der Waals surface area (Å²) >= 11 is 0. The summed E-state index contributed by atoms with van der Waals surface area (Å²) in [4.78, 5) is 10.5. The van der Waals surface area contributed by atoms with E-state index in [4.69, 9.17) is 4.98 Å². The minimum absolute atomic E-state index is 0.0553. The molecule has 2 aromatic rings. The highest BCUT2D eigenvalue weighted by molar-refractivity contribution is 5.86. The molecule has 0 saturated carbocycles. The standard InChI is InChI=1S/C16H25N3/c1-9-10(2)12(4)14-13(11(9)3)17-15(18-14)19(8)16(5,6)7/h1-8H3,(H,17,18). The highest BCUT2D eigenvalue weighted by atomic mass is 15.3. The number of anilines is 1. The molecule has 0 amide bonds. The van der Waals surface area contributed by atoms with E-state index in [2.05, 4.69) is 65.4 Å². The highest BCUT2D eigenvalue weighted by Crippen LogP contribution is 2.30. The van der Waals surface area contributed by atoms with Crippen LogP contribution >= 0.6 is 0 Å². The van der Waals surface area contributed by atoms with Crippen molar-refractivity contribution >= 4 is 17.0 Å². The van der Waals surface area contributed by atoms with E-state index in [1.165, 1.54) is 27.8 Å². The molecule has 0 saturated heterocycles. The van der Waals surface area contributed by atoms with E-state index in [1.807, 2.05) is 0 Å². The number of rotatable bonds is 1. The molecule has 3 nitrogen and oxygen atoms in total. The molecule has 0 spiro atoms. The summed E-state index contributed by atoms with van der Waals surface area (Å²) in [7, 11) is 2.09. The first kappa shape index (κ1) is 13.9. The Hall–Kier alpha value is -1.51. The molecule has 1 N–H and O–H groups in total. The number of H-pyrrole nitrogens is 1. The fourth-order valence-corrected chi connectivity index (χ4v) is 2.31. The molecular weight excluding hydrogens is 234 g/mol. The van der Waals surface area contributed by atoms with Crippen LogP contribution in [0, 0.1) is 27.7 Å². The maximum Gasteiger partial charge on any atom is 0.204 e. The number of nitrogens with one attached hydrogen (secondary N) is 1. The van der Waals surface area contributed by atoms with Crippen LogP contribution in [-0.4, -0.2) is 22.6 Å². The quantitative estimate of drug-likeness (QED) is 0.838. The number of hydrogen-bond acceptors (Lipinski definition) is 2. The van der Waals surface area contributed by atoms with Crippen LogP contribution in [0.5, 0.6) is 0 Å². The third kappa shape index (κ3) is 2.11. The van der Waals surface area contributed by atoms with Crippen molar-refractivity contribution in [3.63, 3.8) is 0 Å². The molecule has 0 atom stereocenters. The van der Waals surface area contributed by atoms with Crippen molar-refractivity contribution in [2.45, 2.75) is 54.0 Å². The van der Waals surface area contributed by atoms with Crippen LogP contribution in [0.25, 0.3) is 11.0 Å². The number of benzene rings is 1. The SMILES string of the molecule is Cc1c(C)c(C)c2[nH]c(N(C)C(C)(C)C)nc2c1C. The van der Waals surface area contributed by atoms with Crippen LogP contribution in [-0.2, 0) is 0 Å². The fourth-order valence-electron chi connectivity index (χ4n) is 2.31. The van der Waals surface area contributed by atoms with Crippen molar-refractivity contribution in [3.8, 4) is 0 Å². The lowest BCUT2D eigenvalue weighted by atomic mass is 9.98. The molecule has 1 aromatic heterocycles. The lowest BCUT2D eigenvalue weighted by molar-refractivity contribution is 0.530. The van der Waals surface area contributed by atoms with Gasteiger partial charge in [-0.3, -0.25) is 0 Å². The lowest BCUT2D eigenvalue weighted by Crippen LogP contribution is -2.38. The van der Waals surface area contributed by atoms with Crippen LogP contribution in [0.2, 0.25) is 0 Å². The Morgan fingerprint density at radius 2 is 1.42 bits per heavy atom. The van der Waals surface area contributed by atoms with E-state index in [0.717, 1.165) is 11.5 Å². The third-order valence-corrected chi connectivity index (χ3v) is 4.43. The summed E-state index contributed by atoms with van der Waals surface area (Å²) in [6, 6.07) is 0. The summed E-state index contributed by atoms with van der Waals surface area (Å²) in [6.45, 7) is 15.3. The number of fused-ring (bicyclic) bond motifs is 1. The molecule has 2 rings (SSSR count). The second-order valence-corrected chi connectivity index (χ2v) is 6.51. The molecule has 0 unspecified atom stereocenters. The number of aromatic nitrogens is 2. The average molecular weight is 259 g/mol. The molecule has 0 aliphatic carbocycles. The first-order valence-corrected chi connectivity index (χ1v) is 6.84. The zero-order valence-electron chi connectivity index (χ0n) is 13.4. The van der Waals surface area contributed by atoms with Crippen LogP contribution in [0.1, 0.15) is 43.0 Å². The largest absolute Gasteiger partial charge is 0.341 e. The Morgan fingerprint density at radius 3 is 1.95 bits per heavy atom. The topological polar surface area (TPSA) is 31.9 Å². The number of aryl methyl sites for hydroxylation is 2. The average Bonchev–Trinajstić information content (AvgIpc) is 2.76. The number of nitrogens with zero attached hydrogens (tertiary/aromatic N) is 2. The molecule has 3 heteroatoms. The zero-order valence-corrected chi connectivity index (χ0v) is 13.4. The first-order valence-electron chi connectivity index (χ1n) is 6.84. The third-order valence-electron chi connectivity index (χ3n) is 4.43. The van der Waals surface area contributed by atoms with Gasteiger partial charge in [-0.05, 0) is 70.7 Å². The monoisotopic (exact) mass is 259 g/mol. The lowest BCUT2D eigenvalue weighted by Gasteiger charge is -2.31. The van der Waals surface area contributed by atoms with Crippen molar-refractivity contribution in [2.24, 2.45) is 0 Å². The van der Waals surface area contributed by atoms with E-state index in [1.54, 1.807) is 0 Å². The highest BCUT2D eigenvalue weighted by Gasteiger charge is 2.22. The van der Waals surface area contributed by atoms with Crippen LogP contribution in [0.15, 0.2) is 0 Å². The van der Waals surface area contributed by atoms with Gasteiger partial charge in [-0.1, -0.05) is 0 Å². The van der Waals surface area contributed by atoms with Crippen LogP contribution in [0.3, 0.4) is 0 Å². The van der Waals surface area contributed by atoms with Gasteiger partial charge in [-0.25, -0.2) is 4.98 Å². The van der Waals surface area contributed by atoms with E-state index >= 15 is 0 Å². The minimum Gasteiger partial charge on any atom is -0.341 e. The van der Waals surface area contributed by atoms with E-state index < -0.39 is 0 Å². The van der Waals surface area contributed by atoms with E-state index in [-0.39, 0.29) is 5.54 Å². The van der Waals surface area contributed by atoms with Gasteiger partial charge >= 0.3 is 0 Å². The Bertz CT molecular complexity index is 585. The summed E-state index contributed by atoms with van der Waals surface area (Å²) < 4.78 is 0. The van der Waals surface area contributed by atoms with Gasteiger partial charge in [0.2, 0.25) is 5.95 Å². The number of aromatic amines is 1. The normalized spacial score (nSPS) is 12.2. The maximum atomic E-state index is 4.81. The minimum atomic E-state index is 0.0553. The van der Waals surface area contributed by atoms with Crippen molar-refractivity contribution in [1.82, 2.24) is 9.97 Å². The fraction of sp³-hybridized carbons (Fsp3) is 0.562. The molecular formula is C16H25N3. The van der Waals surface area contributed by atoms with Gasteiger partial charge in [-0.2, -0.15) is 0 Å². The van der Waals surface area contributed by atoms with E-state index in [0.29, 0.717) is 0 Å². The summed E-state index contributed by atoms with van der Waals surface area (Å²) in [5.74, 6) is 0.943. The Kier molecular flexibility index (Phi) is 3.12. The van der Waals surface area contributed by atoms with Gasteiger partial charge in [0.1, 0.15) is 0 Å². The van der Waals surface area contributed by atoms with Gasteiger partial charge in [-0.15, -0.1) is 0 Å². The van der Waals surface area contributed by atoms with Gasteiger partial charge < -0.3 is 9.88 Å². The summed E-state index contributed by atoms with van der Waals surface area (Å²) in [6.07, 6.45) is 0. The summed E-state index contributed by atoms with van der Waals surface area (Å²) in [5.41, 5.74) is 7.63. The molecule has 0 aliphatic rings. The van der Waals surface area contributed by atoms with Crippen molar-refractivity contribution in [1.29, 1.82) is 0 Å². The Labute approximate surface area is 116 Å². The molecule has 19 heavy (non-hydrogen) atoms. The second kappa shape index (κ2) is 4.26. The van der Waals surface area contributed by atoms with Crippen molar-refractivity contribution < 1.29 is 0 Å². The molecule has 104 valence electrons. The van der Waals surface area contributed by atoms with Crippen molar-refractivity contribution in [3.05, 3.63) is 22.3 Å². The molecule has 1 heterocycles. The molecule has 0 aliphatic heterocycles. The smallest absolute Gasteiger partial charge is 0.204 e. The molecule has 0 fully saturated rings. The van der Waals surface area contributed by atoms with Crippen LogP contribution in [0.4, 0.5) is 5.95 Å². The van der Waals surface area contributed by atoms with Gasteiger partial charge in [0.25, 0.3) is 0 Å². The van der Waals surface area contributed by atoms with E-state index in [9.17, 15) is 0 Å².